The fourth-order valence-electron chi connectivity index (χ4n) is 3.07. The molecule has 8 heteroatoms. The van der Waals surface area contributed by atoms with Gasteiger partial charge < -0.3 is 10.1 Å². The number of benzene rings is 1. The fraction of sp³-hybridized carbons (Fsp3) is 0.200. The number of carbonyl (C=O) groups is 1. The van der Waals surface area contributed by atoms with Gasteiger partial charge in [-0.15, -0.1) is 10.2 Å². The van der Waals surface area contributed by atoms with E-state index in [0.29, 0.717) is 12.4 Å². The maximum atomic E-state index is 12.5. The number of aromatic amines is 1. The van der Waals surface area contributed by atoms with Crippen LogP contribution in [0.25, 0.3) is 16.9 Å². The van der Waals surface area contributed by atoms with Gasteiger partial charge in [0, 0.05) is 23.0 Å². The summed E-state index contributed by atoms with van der Waals surface area (Å²) in [5.41, 5.74) is 4.18. The molecule has 28 heavy (non-hydrogen) atoms. The molecule has 0 saturated carbocycles. The number of rotatable bonds is 6. The Bertz CT molecular complexity index is 1110. The van der Waals surface area contributed by atoms with Crippen LogP contribution in [0.5, 0.6) is 5.75 Å². The molecule has 0 fully saturated rings. The molecule has 142 valence electrons. The monoisotopic (exact) mass is 376 g/mol. The summed E-state index contributed by atoms with van der Waals surface area (Å²) < 4.78 is 7.05. The van der Waals surface area contributed by atoms with E-state index in [0.717, 1.165) is 33.9 Å². The second kappa shape index (κ2) is 7.51. The van der Waals surface area contributed by atoms with Crippen LogP contribution in [0, 0.1) is 6.92 Å². The van der Waals surface area contributed by atoms with Crippen LogP contribution < -0.4 is 10.1 Å². The van der Waals surface area contributed by atoms with Crippen LogP contribution in [0.2, 0.25) is 0 Å². The van der Waals surface area contributed by atoms with E-state index in [1.807, 2.05) is 60.0 Å². The Hall–Kier alpha value is -3.68. The Morgan fingerprint density at radius 3 is 2.79 bits per heavy atom. The Morgan fingerprint density at radius 1 is 1.18 bits per heavy atom. The van der Waals surface area contributed by atoms with Crippen LogP contribution in [0.4, 0.5) is 0 Å². The van der Waals surface area contributed by atoms with Crippen molar-refractivity contribution < 1.29 is 9.53 Å². The van der Waals surface area contributed by atoms with Gasteiger partial charge in [0.1, 0.15) is 5.75 Å². The standard InChI is InChI=1S/C20H20N6O2/c1-13-16(20(25-22-13)14-6-8-15(28-2)9-7-14)11-19(27)21-12-18-24-23-17-5-3-4-10-26(17)18/h3-10H,11-12H2,1-2H3,(H,21,27)(H,22,25). The van der Waals surface area contributed by atoms with E-state index >= 15 is 0 Å². The number of hydrogen-bond donors (Lipinski definition) is 2. The number of carbonyl (C=O) groups excluding carboxylic acids is 1. The van der Waals surface area contributed by atoms with Gasteiger partial charge in [-0.2, -0.15) is 5.10 Å². The van der Waals surface area contributed by atoms with Gasteiger partial charge in [-0.25, -0.2) is 0 Å². The third kappa shape index (κ3) is 3.44. The minimum absolute atomic E-state index is 0.105. The van der Waals surface area contributed by atoms with E-state index < -0.39 is 0 Å². The Balaban J connectivity index is 1.48. The van der Waals surface area contributed by atoms with Crippen LogP contribution in [-0.4, -0.2) is 37.8 Å². The third-order valence-corrected chi connectivity index (χ3v) is 4.60. The zero-order valence-corrected chi connectivity index (χ0v) is 15.6. The SMILES string of the molecule is COc1ccc(-c2n[nH]c(C)c2CC(=O)NCc2nnc3ccccn23)cc1. The zero-order chi connectivity index (χ0) is 19.5. The van der Waals surface area contributed by atoms with Gasteiger partial charge in [-0.3, -0.25) is 14.3 Å². The molecule has 0 spiro atoms. The van der Waals surface area contributed by atoms with Crippen LogP contribution in [-0.2, 0) is 17.8 Å². The van der Waals surface area contributed by atoms with Crippen LogP contribution in [0.1, 0.15) is 17.1 Å². The highest BCUT2D eigenvalue weighted by atomic mass is 16.5. The number of aryl methyl sites for hydroxylation is 1. The maximum Gasteiger partial charge on any atom is 0.224 e. The largest absolute Gasteiger partial charge is 0.497 e. The van der Waals surface area contributed by atoms with Crippen LogP contribution in [0.15, 0.2) is 48.7 Å². The van der Waals surface area contributed by atoms with Crippen LogP contribution in [0.3, 0.4) is 0 Å². The topological polar surface area (TPSA) is 97.2 Å². The van der Waals surface area contributed by atoms with Crippen molar-refractivity contribution in [2.45, 2.75) is 19.9 Å². The molecule has 0 radical (unpaired) electrons. The molecule has 4 rings (SSSR count). The van der Waals surface area contributed by atoms with Crippen LogP contribution >= 0.6 is 0 Å². The van der Waals surface area contributed by atoms with Crippen molar-refractivity contribution in [2.24, 2.45) is 0 Å². The second-order valence-corrected chi connectivity index (χ2v) is 6.40. The molecule has 0 atom stereocenters. The number of hydrogen-bond acceptors (Lipinski definition) is 5. The summed E-state index contributed by atoms with van der Waals surface area (Å²) in [6.45, 7) is 2.22. The molecule has 8 nitrogen and oxygen atoms in total. The number of ether oxygens (including phenoxy) is 1. The molecule has 1 amide bonds. The van der Waals surface area contributed by atoms with E-state index in [-0.39, 0.29) is 12.3 Å². The van der Waals surface area contributed by atoms with Gasteiger partial charge in [0.15, 0.2) is 11.5 Å². The number of pyridine rings is 1. The predicted octanol–water partition coefficient (Wildman–Crippen LogP) is 2.30. The van der Waals surface area contributed by atoms with E-state index in [4.69, 9.17) is 4.74 Å². The summed E-state index contributed by atoms with van der Waals surface area (Å²) in [7, 11) is 1.63. The predicted molar refractivity (Wildman–Crippen MR) is 104 cm³/mol. The molecule has 0 aliphatic rings. The summed E-state index contributed by atoms with van der Waals surface area (Å²) in [4.78, 5) is 12.5. The van der Waals surface area contributed by atoms with Crippen molar-refractivity contribution >= 4 is 11.6 Å². The fourth-order valence-corrected chi connectivity index (χ4v) is 3.07. The average molecular weight is 376 g/mol. The van der Waals surface area contributed by atoms with Crippen molar-refractivity contribution in [1.29, 1.82) is 0 Å². The van der Waals surface area contributed by atoms with E-state index in [1.165, 1.54) is 0 Å². The highest BCUT2D eigenvalue weighted by Gasteiger charge is 2.16. The van der Waals surface area contributed by atoms with Gasteiger partial charge in [-0.05, 0) is 43.3 Å². The van der Waals surface area contributed by atoms with E-state index in [2.05, 4.69) is 25.7 Å². The van der Waals surface area contributed by atoms with Crippen molar-refractivity contribution in [3.63, 3.8) is 0 Å². The first kappa shape index (κ1) is 17.7. The molecule has 2 N–H and O–H groups in total. The quantitative estimate of drug-likeness (QED) is 0.538. The second-order valence-electron chi connectivity index (χ2n) is 6.40. The lowest BCUT2D eigenvalue weighted by Gasteiger charge is -2.07. The van der Waals surface area contributed by atoms with Crippen molar-refractivity contribution in [2.75, 3.05) is 7.11 Å². The molecular weight excluding hydrogens is 356 g/mol. The molecule has 0 saturated heterocycles. The molecule has 0 aliphatic heterocycles. The minimum atomic E-state index is -0.105. The molecule has 4 aromatic rings. The highest BCUT2D eigenvalue weighted by molar-refractivity contribution is 5.81. The zero-order valence-electron chi connectivity index (χ0n) is 15.6. The lowest BCUT2D eigenvalue weighted by Crippen LogP contribution is -2.26. The van der Waals surface area contributed by atoms with Gasteiger partial charge >= 0.3 is 0 Å². The Labute approximate surface area is 161 Å². The maximum absolute atomic E-state index is 12.5. The van der Waals surface area contributed by atoms with E-state index in [1.54, 1.807) is 7.11 Å². The van der Waals surface area contributed by atoms with Gasteiger partial charge in [-0.1, -0.05) is 6.07 Å². The number of amides is 1. The normalized spacial score (nSPS) is 10.9. The van der Waals surface area contributed by atoms with Crippen molar-refractivity contribution in [3.05, 3.63) is 65.7 Å². The smallest absolute Gasteiger partial charge is 0.224 e. The summed E-state index contributed by atoms with van der Waals surface area (Å²) in [6.07, 6.45) is 2.10. The molecule has 1 aromatic carbocycles. The van der Waals surface area contributed by atoms with Gasteiger partial charge in [0.25, 0.3) is 0 Å². The summed E-state index contributed by atoms with van der Waals surface area (Å²) in [5.74, 6) is 1.35. The third-order valence-electron chi connectivity index (χ3n) is 4.60. The molecular formula is C20H20N6O2. The highest BCUT2D eigenvalue weighted by Crippen LogP contribution is 2.26. The molecule has 3 heterocycles. The lowest BCUT2D eigenvalue weighted by molar-refractivity contribution is -0.120. The first-order chi connectivity index (χ1) is 13.7. The average Bonchev–Trinajstić information content (AvgIpc) is 3.30. The summed E-state index contributed by atoms with van der Waals surface area (Å²) in [5, 5.41) is 18.5. The van der Waals surface area contributed by atoms with E-state index in [9.17, 15) is 4.79 Å². The number of nitrogens with zero attached hydrogens (tertiary/aromatic N) is 4. The number of aromatic nitrogens is 5. The van der Waals surface area contributed by atoms with Gasteiger partial charge in [0.2, 0.25) is 5.91 Å². The lowest BCUT2D eigenvalue weighted by atomic mass is 10.0. The van der Waals surface area contributed by atoms with Crippen molar-refractivity contribution in [1.82, 2.24) is 30.1 Å². The molecule has 3 aromatic heterocycles. The van der Waals surface area contributed by atoms with Gasteiger partial charge in [0.05, 0.1) is 25.8 Å². The first-order valence-corrected chi connectivity index (χ1v) is 8.89. The number of nitrogens with one attached hydrogen (secondary N) is 2. The Morgan fingerprint density at radius 2 is 2.00 bits per heavy atom. The molecule has 0 unspecified atom stereocenters. The molecule has 0 bridgehead atoms. The minimum Gasteiger partial charge on any atom is -0.497 e. The first-order valence-electron chi connectivity index (χ1n) is 8.89. The number of methoxy groups -OCH3 is 1. The van der Waals surface area contributed by atoms with Crippen molar-refractivity contribution in [3.8, 4) is 17.0 Å². The summed E-state index contributed by atoms with van der Waals surface area (Å²) >= 11 is 0. The number of H-pyrrole nitrogens is 1. The summed E-state index contributed by atoms with van der Waals surface area (Å²) in [6, 6.07) is 13.3. The molecule has 0 aliphatic carbocycles. The Kier molecular flexibility index (Phi) is 4.76. The number of fused-ring (bicyclic) bond motifs is 1.